The number of rotatable bonds is 1. The van der Waals surface area contributed by atoms with Crippen molar-refractivity contribution in [2.75, 3.05) is 13.2 Å². The van der Waals surface area contributed by atoms with Crippen LogP contribution in [0.15, 0.2) is 11.6 Å². The van der Waals surface area contributed by atoms with Crippen molar-refractivity contribution in [1.29, 1.82) is 0 Å². The maximum atomic E-state index is 10.7. The second-order valence-corrected chi connectivity index (χ2v) is 3.32. The summed E-state index contributed by atoms with van der Waals surface area (Å²) in [5.74, 6) is 0. The first-order chi connectivity index (χ1) is 6.15. The second-order valence-electron chi connectivity index (χ2n) is 3.32. The SMILES string of the molecule is C[C@H]1C/C(=C\CO)CCN1C(=O)O. The predicted molar refractivity (Wildman–Crippen MR) is 48.6 cm³/mol. The molecule has 0 spiro atoms. The minimum absolute atomic E-state index is 0.0315. The summed E-state index contributed by atoms with van der Waals surface area (Å²) in [4.78, 5) is 12.1. The lowest BCUT2D eigenvalue weighted by atomic mass is 9.98. The highest BCUT2D eigenvalue weighted by atomic mass is 16.4. The number of amides is 1. The number of likely N-dealkylation sites (tertiary alicyclic amines) is 1. The zero-order valence-corrected chi connectivity index (χ0v) is 7.73. The van der Waals surface area contributed by atoms with Crippen LogP contribution in [0.25, 0.3) is 0 Å². The number of carbonyl (C=O) groups is 1. The van der Waals surface area contributed by atoms with E-state index in [-0.39, 0.29) is 12.6 Å². The van der Waals surface area contributed by atoms with E-state index in [1.54, 1.807) is 6.08 Å². The third-order valence-electron chi connectivity index (χ3n) is 2.39. The highest BCUT2D eigenvalue weighted by Gasteiger charge is 2.24. The molecule has 1 aliphatic rings. The van der Waals surface area contributed by atoms with Gasteiger partial charge in [0, 0.05) is 12.6 Å². The molecule has 1 heterocycles. The van der Waals surface area contributed by atoms with Crippen LogP contribution in [0, 0.1) is 0 Å². The molecule has 0 aromatic carbocycles. The minimum Gasteiger partial charge on any atom is -0.465 e. The van der Waals surface area contributed by atoms with Gasteiger partial charge in [0.1, 0.15) is 0 Å². The predicted octanol–water partition coefficient (Wildman–Crippen LogP) is 1.07. The van der Waals surface area contributed by atoms with Crippen molar-refractivity contribution >= 4 is 6.09 Å². The molecule has 0 aliphatic carbocycles. The van der Waals surface area contributed by atoms with Crippen LogP contribution < -0.4 is 0 Å². The van der Waals surface area contributed by atoms with Crippen LogP contribution in [-0.2, 0) is 0 Å². The molecule has 4 heteroatoms. The Morgan fingerprint density at radius 1 is 1.77 bits per heavy atom. The average molecular weight is 185 g/mol. The van der Waals surface area contributed by atoms with Gasteiger partial charge in [-0.3, -0.25) is 0 Å². The van der Waals surface area contributed by atoms with Crippen molar-refractivity contribution < 1.29 is 15.0 Å². The fourth-order valence-corrected chi connectivity index (χ4v) is 1.67. The first kappa shape index (κ1) is 10.1. The molecule has 13 heavy (non-hydrogen) atoms. The molecule has 1 aliphatic heterocycles. The van der Waals surface area contributed by atoms with Gasteiger partial charge in [0.25, 0.3) is 0 Å². The van der Waals surface area contributed by atoms with Crippen LogP contribution >= 0.6 is 0 Å². The highest BCUT2D eigenvalue weighted by Crippen LogP contribution is 2.21. The number of aliphatic hydroxyl groups is 1. The zero-order chi connectivity index (χ0) is 9.84. The standard InChI is InChI=1S/C9H15NO3/c1-7-6-8(3-5-11)2-4-10(7)9(12)13/h3,7,11H,2,4-6H2,1H3,(H,12,13)/b8-3-/t7-/m0/s1. The summed E-state index contributed by atoms with van der Waals surface area (Å²) in [6.45, 7) is 2.48. The topological polar surface area (TPSA) is 60.8 Å². The number of nitrogens with zero attached hydrogens (tertiary/aromatic N) is 1. The molecule has 0 aromatic rings. The van der Waals surface area contributed by atoms with Crippen molar-refractivity contribution in [3.05, 3.63) is 11.6 Å². The van der Waals surface area contributed by atoms with Crippen LogP contribution in [0.2, 0.25) is 0 Å². The van der Waals surface area contributed by atoms with E-state index >= 15 is 0 Å². The van der Waals surface area contributed by atoms with Gasteiger partial charge in [-0.25, -0.2) is 4.79 Å². The summed E-state index contributed by atoms with van der Waals surface area (Å²) in [7, 11) is 0. The molecule has 0 bridgehead atoms. The average Bonchev–Trinajstić information content (AvgIpc) is 2.04. The third-order valence-corrected chi connectivity index (χ3v) is 2.39. The van der Waals surface area contributed by atoms with Crippen molar-refractivity contribution in [2.45, 2.75) is 25.8 Å². The van der Waals surface area contributed by atoms with Crippen LogP contribution in [-0.4, -0.2) is 40.4 Å². The van der Waals surface area contributed by atoms with E-state index in [4.69, 9.17) is 10.2 Å². The Morgan fingerprint density at radius 3 is 2.92 bits per heavy atom. The van der Waals surface area contributed by atoms with Crippen molar-refractivity contribution in [3.8, 4) is 0 Å². The number of hydrogen-bond acceptors (Lipinski definition) is 2. The summed E-state index contributed by atoms with van der Waals surface area (Å²) < 4.78 is 0. The Balaban J connectivity index is 2.56. The van der Waals surface area contributed by atoms with Crippen LogP contribution in [0.4, 0.5) is 4.79 Å². The van der Waals surface area contributed by atoms with E-state index in [9.17, 15) is 4.79 Å². The molecule has 0 saturated carbocycles. The van der Waals surface area contributed by atoms with E-state index in [1.807, 2.05) is 6.92 Å². The van der Waals surface area contributed by atoms with Gasteiger partial charge in [0.2, 0.25) is 0 Å². The van der Waals surface area contributed by atoms with Crippen LogP contribution in [0.1, 0.15) is 19.8 Å². The molecule has 0 unspecified atom stereocenters. The number of hydrogen-bond donors (Lipinski definition) is 2. The maximum Gasteiger partial charge on any atom is 0.407 e. The molecule has 2 N–H and O–H groups in total. The lowest BCUT2D eigenvalue weighted by molar-refractivity contribution is 0.121. The van der Waals surface area contributed by atoms with Gasteiger partial charge in [-0.05, 0) is 19.8 Å². The first-order valence-corrected chi connectivity index (χ1v) is 4.43. The highest BCUT2D eigenvalue weighted by molar-refractivity contribution is 5.65. The fourth-order valence-electron chi connectivity index (χ4n) is 1.67. The molecular weight excluding hydrogens is 170 g/mol. The van der Waals surface area contributed by atoms with Gasteiger partial charge in [-0.2, -0.15) is 0 Å². The lowest BCUT2D eigenvalue weighted by Crippen LogP contribution is -2.41. The molecule has 4 nitrogen and oxygen atoms in total. The second kappa shape index (κ2) is 4.28. The van der Waals surface area contributed by atoms with Crippen molar-refractivity contribution in [3.63, 3.8) is 0 Å². The van der Waals surface area contributed by atoms with Gasteiger partial charge in [-0.1, -0.05) is 11.6 Å². The molecule has 1 rings (SSSR count). The smallest absolute Gasteiger partial charge is 0.407 e. The molecule has 1 fully saturated rings. The minimum atomic E-state index is -0.851. The lowest BCUT2D eigenvalue weighted by Gasteiger charge is -2.32. The van der Waals surface area contributed by atoms with Crippen molar-refractivity contribution in [2.24, 2.45) is 0 Å². The van der Waals surface area contributed by atoms with Crippen molar-refractivity contribution in [1.82, 2.24) is 4.90 Å². The molecule has 0 radical (unpaired) electrons. The largest absolute Gasteiger partial charge is 0.465 e. The van der Waals surface area contributed by atoms with Crippen LogP contribution in [0.3, 0.4) is 0 Å². The summed E-state index contributed by atoms with van der Waals surface area (Å²) >= 11 is 0. The summed E-state index contributed by atoms with van der Waals surface area (Å²) in [5.41, 5.74) is 1.16. The number of aliphatic hydroxyl groups excluding tert-OH is 1. The summed E-state index contributed by atoms with van der Waals surface area (Å²) in [6, 6.07) is 0.0315. The Kier molecular flexibility index (Phi) is 3.31. The van der Waals surface area contributed by atoms with Gasteiger partial charge in [-0.15, -0.1) is 0 Å². The van der Waals surface area contributed by atoms with E-state index in [0.717, 1.165) is 18.4 Å². The normalized spacial score (nSPS) is 26.5. The molecule has 0 aromatic heterocycles. The fraction of sp³-hybridized carbons (Fsp3) is 0.667. The first-order valence-electron chi connectivity index (χ1n) is 4.43. The van der Waals surface area contributed by atoms with Gasteiger partial charge in [0.15, 0.2) is 0 Å². The number of piperidine rings is 1. The van der Waals surface area contributed by atoms with E-state index in [1.165, 1.54) is 4.90 Å². The van der Waals surface area contributed by atoms with E-state index < -0.39 is 6.09 Å². The third kappa shape index (κ3) is 2.45. The Hall–Kier alpha value is -1.03. The Labute approximate surface area is 77.5 Å². The molecule has 74 valence electrons. The van der Waals surface area contributed by atoms with E-state index in [0.29, 0.717) is 6.54 Å². The maximum absolute atomic E-state index is 10.7. The number of carboxylic acid groups (broad SMARTS) is 1. The molecule has 1 atom stereocenters. The molecule has 1 saturated heterocycles. The monoisotopic (exact) mass is 185 g/mol. The van der Waals surface area contributed by atoms with E-state index in [2.05, 4.69) is 0 Å². The molecule has 1 amide bonds. The van der Waals surface area contributed by atoms with Crippen LogP contribution in [0.5, 0.6) is 0 Å². The quantitative estimate of drug-likeness (QED) is 0.601. The van der Waals surface area contributed by atoms with Gasteiger partial charge in [0.05, 0.1) is 6.61 Å². The zero-order valence-electron chi connectivity index (χ0n) is 7.73. The van der Waals surface area contributed by atoms with Gasteiger partial charge < -0.3 is 15.1 Å². The summed E-state index contributed by atoms with van der Waals surface area (Å²) in [5, 5.41) is 17.5. The summed E-state index contributed by atoms with van der Waals surface area (Å²) in [6.07, 6.45) is 2.41. The Bertz CT molecular complexity index is 225. The Morgan fingerprint density at radius 2 is 2.46 bits per heavy atom. The van der Waals surface area contributed by atoms with Gasteiger partial charge >= 0.3 is 6.09 Å². The molecular formula is C9H15NO3.